The second-order valence-corrected chi connectivity index (χ2v) is 11.4. The van der Waals surface area contributed by atoms with E-state index in [0.717, 1.165) is 21.7 Å². The van der Waals surface area contributed by atoms with Gasteiger partial charge in [-0.15, -0.1) is 0 Å². The lowest BCUT2D eigenvalue weighted by Gasteiger charge is -2.45. The molecular formula is C28H28ClF3N6O3. The van der Waals surface area contributed by atoms with Crippen LogP contribution in [0.2, 0.25) is 5.02 Å². The van der Waals surface area contributed by atoms with Crippen LogP contribution in [0.3, 0.4) is 0 Å². The topological polar surface area (TPSA) is 110 Å². The van der Waals surface area contributed by atoms with Crippen LogP contribution in [0.25, 0.3) is 10.9 Å². The highest BCUT2D eigenvalue weighted by atomic mass is 35.5. The van der Waals surface area contributed by atoms with E-state index in [2.05, 4.69) is 20.8 Å². The molecule has 1 fully saturated rings. The fraction of sp³-hybridized carbons (Fsp3) is 0.429. The van der Waals surface area contributed by atoms with E-state index in [1.807, 2.05) is 24.3 Å². The van der Waals surface area contributed by atoms with Crippen molar-refractivity contribution in [3.05, 3.63) is 58.2 Å². The Balaban J connectivity index is 1.21. The number of aromatic amines is 1. The average Bonchev–Trinajstić information content (AvgIpc) is 3.42. The number of anilines is 1. The van der Waals surface area contributed by atoms with Gasteiger partial charge in [0, 0.05) is 48.6 Å². The van der Waals surface area contributed by atoms with Crippen LogP contribution in [0, 0.1) is 5.92 Å². The minimum absolute atomic E-state index is 0.193. The molecule has 0 radical (unpaired) electrons. The molecule has 0 saturated carbocycles. The van der Waals surface area contributed by atoms with E-state index >= 15 is 0 Å². The molecule has 1 aromatic heterocycles. The summed E-state index contributed by atoms with van der Waals surface area (Å²) in [6, 6.07) is 8.92. The van der Waals surface area contributed by atoms with E-state index in [-0.39, 0.29) is 31.3 Å². The fourth-order valence-corrected chi connectivity index (χ4v) is 6.71. The number of piperidine rings is 1. The summed E-state index contributed by atoms with van der Waals surface area (Å²) < 4.78 is 40.8. The Morgan fingerprint density at radius 2 is 1.93 bits per heavy atom. The number of alkyl halides is 3. The zero-order valence-electron chi connectivity index (χ0n) is 22.0. The van der Waals surface area contributed by atoms with Crippen LogP contribution < -0.4 is 10.6 Å². The van der Waals surface area contributed by atoms with E-state index in [9.17, 15) is 27.6 Å². The zero-order chi connectivity index (χ0) is 28.9. The summed E-state index contributed by atoms with van der Waals surface area (Å²) in [5.41, 5.74) is 2.89. The summed E-state index contributed by atoms with van der Waals surface area (Å²) in [6.45, 7) is -0.989. The molecule has 4 amide bonds. The van der Waals surface area contributed by atoms with Crippen molar-refractivity contribution in [1.29, 1.82) is 0 Å². The van der Waals surface area contributed by atoms with Gasteiger partial charge in [-0.05, 0) is 48.9 Å². The molecular weight excluding hydrogens is 561 g/mol. The van der Waals surface area contributed by atoms with E-state index in [1.54, 1.807) is 11.0 Å². The molecule has 1 saturated heterocycles. The van der Waals surface area contributed by atoms with Crippen LogP contribution >= 0.6 is 11.6 Å². The van der Waals surface area contributed by atoms with Gasteiger partial charge in [0.2, 0.25) is 11.8 Å². The third-order valence-electron chi connectivity index (χ3n) is 8.47. The highest BCUT2D eigenvalue weighted by Gasteiger charge is 2.43. The molecule has 3 aromatic rings. The van der Waals surface area contributed by atoms with E-state index < -0.39 is 30.1 Å². The van der Waals surface area contributed by atoms with Crippen molar-refractivity contribution in [2.24, 2.45) is 5.92 Å². The number of nitrogens with zero attached hydrogens (tertiary/aromatic N) is 3. The van der Waals surface area contributed by atoms with Gasteiger partial charge in [0.1, 0.15) is 6.54 Å². The lowest BCUT2D eigenvalue weighted by Crippen LogP contribution is -2.57. The predicted octanol–water partition coefficient (Wildman–Crippen LogP) is 4.71. The molecule has 0 unspecified atom stereocenters. The van der Waals surface area contributed by atoms with Gasteiger partial charge in [0.15, 0.2) is 0 Å². The number of aryl methyl sites for hydroxylation is 1. The summed E-state index contributed by atoms with van der Waals surface area (Å²) in [7, 11) is 0. The van der Waals surface area contributed by atoms with Gasteiger partial charge in [0.05, 0.1) is 22.3 Å². The minimum atomic E-state index is -4.61. The van der Waals surface area contributed by atoms with Crippen molar-refractivity contribution in [3.8, 4) is 0 Å². The number of likely N-dealkylation sites (tertiary alicyclic amines) is 1. The fourth-order valence-electron chi connectivity index (χ4n) is 6.43. The number of amides is 4. The number of benzene rings is 2. The monoisotopic (exact) mass is 588 g/mol. The van der Waals surface area contributed by atoms with Gasteiger partial charge in [-0.3, -0.25) is 14.7 Å². The lowest BCUT2D eigenvalue weighted by molar-refractivity contribution is -0.166. The molecule has 1 atom stereocenters. The molecule has 3 aliphatic heterocycles. The SMILES string of the molecule is O=C1Nc2ccccc2C2(CCN(C(=O)C[C@@H]3CCc4cc(Cl)c5[nH]ncc5c4CN(CC(F)(F)F)C3=O)CC2)N1. The Kier molecular flexibility index (Phi) is 6.83. The largest absolute Gasteiger partial charge is 0.406 e. The van der Waals surface area contributed by atoms with Crippen LogP contribution in [-0.2, 0) is 28.1 Å². The maximum absolute atomic E-state index is 13.6. The number of aromatic nitrogens is 2. The molecule has 216 valence electrons. The number of para-hydroxylation sites is 1. The Bertz CT molecular complexity index is 1530. The maximum Gasteiger partial charge on any atom is 0.406 e. The molecule has 9 nitrogen and oxygen atoms in total. The number of rotatable bonds is 3. The van der Waals surface area contributed by atoms with Gasteiger partial charge in [-0.1, -0.05) is 29.8 Å². The quantitative estimate of drug-likeness (QED) is 0.411. The van der Waals surface area contributed by atoms with Gasteiger partial charge in [0.25, 0.3) is 0 Å². The van der Waals surface area contributed by atoms with Crippen molar-refractivity contribution in [2.45, 2.75) is 50.4 Å². The first-order chi connectivity index (χ1) is 19.5. The van der Waals surface area contributed by atoms with Gasteiger partial charge < -0.3 is 20.4 Å². The number of fused-ring (bicyclic) bond motifs is 5. The van der Waals surface area contributed by atoms with E-state index in [1.165, 1.54) is 6.20 Å². The van der Waals surface area contributed by atoms with Gasteiger partial charge in [-0.25, -0.2) is 4.79 Å². The molecule has 0 aliphatic carbocycles. The van der Waals surface area contributed by atoms with Gasteiger partial charge >= 0.3 is 12.2 Å². The number of hydrogen-bond acceptors (Lipinski definition) is 4. The van der Waals surface area contributed by atoms with Crippen molar-refractivity contribution in [2.75, 3.05) is 25.0 Å². The summed E-state index contributed by atoms with van der Waals surface area (Å²) in [5.74, 6) is -1.89. The molecule has 0 bridgehead atoms. The van der Waals surface area contributed by atoms with Crippen LogP contribution in [-0.4, -0.2) is 63.7 Å². The molecule has 4 heterocycles. The zero-order valence-corrected chi connectivity index (χ0v) is 22.7. The number of halogens is 4. The summed E-state index contributed by atoms with van der Waals surface area (Å²) in [4.78, 5) is 41.7. The van der Waals surface area contributed by atoms with Crippen molar-refractivity contribution >= 4 is 46.0 Å². The summed E-state index contributed by atoms with van der Waals surface area (Å²) in [5, 5.41) is 13.6. The van der Waals surface area contributed by atoms with Crippen LogP contribution in [0.4, 0.5) is 23.7 Å². The minimum Gasteiger partial charge on any atom is -0.342 e. The van der Waals surface area contributed by atoms with Crippen LogP contribution in [0.1, 0.15) is 42.4 Å². The van der Waals surface area contributed by atoms with Crippen molar-refractivity contribution < 1.29 is 27.6 Å². The Morgan fingerprint density at radius 3 is 2.68 bits per heavy atom. The third-order valence-corrected chi connectivity index (χ3v) is 8.77. The third kappa shape index (κ3) is 5.20. The molecule has 1 spiro atoms. The molecule has 2 aromatic carbocycles. The summed E-state index contributed by atoms with van der Waals surface area (Å²) in [6.07, 6.45) is -1.74. The van der Waals surface area contributed by atoms with Crippen LogP contribution in [0.15, 0.2) is 36.5 Å². The number of carbonyl (C=O) groups excluding carboxylic acids is 3. The normalized spacial score (nSPS) is 20.6. The smallest absolute Gasteiger partial charge is 0.342 e. The Hall–Kier alpha value is -3.80. The highest BCUT2D eigenvalue weighted by molar-refractivity contribution is 6.35. The standard InChI is InChI=1S/C28H28ClF3N6O3/c29-21-11-16-5-6-17(25(40)38(15-28(30,31)32)14-19(16)18-13-33-36-24(18)21)12-23(39)37-9-7-27(8-10-37)20-3-1-2-4-22(20)34-26(41)35-27/h1-4,11,13,17H,5-10,12,14-15H2,(H,33,36)(H2,34,35,41)/t17-/m0/s1. The first-order valence-corrected chi connectivity index (χ1v) is 13.9. The molecule has 3 aliphatic rings. The first kappa shape index (κ1) is 27.4. The molecule has 6 rings (SSSR count). The highest BCUT2D eigenvalue weighted by Crippen LogP contribution is 2.40. The molecule has 41 heavy (non-hydrogen) atoms. The predicted molar refractivity (Wildman–Crippen MR) is 145 cm³/mol. The lowest BCUT2D eigenvalue weighted by atomic mass is 9.78. The molecule has 3 N–H and O–H groups in total. The van der Waals surface area contributed by atoms with E-state index in [4.69, 9.17) is 11.6 Å². The van der Waals surface area contributed by atoms with E-state index in [0.29, 0.717) is 53.8 Å². The van der Waals surface area contributed by atoms with Crippen molar-refractivity contribution in [3.63, 3.8) is 0 Å². The Labute approximate surface area is 238 Å². The van der Waals surface area contributed by atoms with Crippen molar-refractivity contribution in [1.82, 2.24) is 25.3 Å². The van der Waals surface area contributed by atoms with Gasteiger partial charge in [-0.2, -0.15) is 18.3 Å². The maximum atomic E-state index is 13.6. The number of nitrogens with one attached hydrogen (secondary N) is 3. The average molecular weight is 589 g/mol. The molecule has 13 heteroatoms. The number of carbonyl (C=O) groups is 3. The van der Waals surface area contributed by atoms with Crippen LogP contribution in [0.5, 0.6) is 0 Å². The summed E-state index contributed by atoms with van der Waals surface area (Å²) >= 11 is 6.40. The second kappa shape index (κ2) is 10.2. The first-order valence-electron chi connectivity index (χ1n) is 13.5. The number of H-pyrrole nitrogens is 1. The number of urea groups is 1. The number of hydrogen-bond donors (Lipinski definition) is 3. The second-order valence-electron chi connectivity index (χ2n) is 11.0. The Morgan fingerprint density at radius 1 is 1.17 bits per heavy atom.